The topological polar surface area (TPSA) is 65.7 Å². The van der Waals surface area contributed by atoms with Crippen LogP contribution in [0.1, 0.15) is 40.1 Å². The SMILES string of the molecule is Cc1ncnc2c1CN(c1ncc3c(c1C#N)CCC3)CC2. The Morgan fingerprint density at radius 2 is 2.05 bits per heavy atom. The number of hydrogen-bond acceptors (Lipinski definition) is 5. The minimum absolute atomic E-state index is 0.739. The van der Waals surface area contributed by atoms with E-state index in [9.17, 15) is 5.26 Å². The first-order chi connectivity index (χ1) is 10.8. The Morgan fingerprint density at radius 1 is 1.14 bits per heavy atom. The van der Waals surface area contributed by atoms with Crippen LogP contribution in [0.3, 0.4) is 0 Å². The summed E-state index contributed by atoms with van der Waals surface area (Å²) in [6.45, 7) is 3.61. The van der Waals surface area contributed by atoms with Crippen molar-refractivity contribution in [2.24, 2.45) is 0 Å². The van der Waals surface area contributed by atoms with Crippen LogP contribution in [-0.4, -0.2) is 21.5 Å². The Morgan fingerprint density at radius 3 is 2.91 bits per heavy atom. The van der Waals surface area contributed by atoms with Crippen LogP contribution in [0.5, 0.6) is 0 Å². The summed E-state index contributed by atoms with van der Waals surface area (Å²) >= 11 is 0. The van der Waals surface area contributed by atoms with Gasteiger partial charge in [-0.1, -0.05) is 0 Å². The van der Waals surface area contributed by atoms with Gasteiger partial charge in [-0.15, -0.1) is 0 Å². The van der Waals surface area contributed by atoms with Gasteiger partial charge >= 0.3 is 0 Å². The standard InChI is InChI=1S/C17H17N5/c1-11-15-9-22(6-5-16(15)21-10-20-11)17-14(7-18)13-4-2-3-12(13)8-19-17/h8,10H,2-6,9H2,1H3. The van der Waals surface area contributed by atoms with Crippen LogP contribution >= 0.6 is 0 Å². The smallest absolute Gasteiger partial charge is 0.147 e. The molecule has 0 amide bonds. The molecule has 0 unspecified atom stereocenters. The van der Waals surface area contributed by atoms with Crippen LogP contribution in [0, 0.1) is 18.3 Å². The molecule has 2 aromatic rings. The second-order valence-corrected chi connectivity index (χ2v) is 5.98. The molecule has 1 aliphatic heterocycles. The fourth-order valence-corrected chi connectivity index (χ4v) is 3.55. The van der Waals surface area contributed by atoms with E-state index in [2.05, 4.69) is 25.9 Å². The molecule has 0 bridgehead atoms. The van der Waals surface area contributed by atoms with Crippen molar-refractivity contribution in [2.75, 3.05) is 11.4 Å². The van der Waals surface area contributed by atoms with Gasteiger partial charge in [0.25, 0.3) is 0 Å². The summed E-state index contributed by atoms with van der Waals surface area (Å²) in [7, 11) is 0. The van der Waals surface area contributed by atoms with Gasteiger partial charge in [-0.2, -0.15) is 5.26 Å². The molecule has 3 heterocycles. The van der Waals surface area contributed by atoms with E-state index in [0.29, 0.717) is 0 Å². The highest BCUT2D eigenvalue weighted by Gasteiger charge is 2.26. The molecule has 0 N–H and O–H groups in total. The Kier molecular flexibility index (Phi) is 3.04. The molecule has 1 aliphatic carbocycles. The van der Waals surface area contributed by atoms with Crippen molar-refractivity contribution >= 4 is 5.82 Å². The van der Waals surface area contributed by atoms with Crippen molar-refractivity contribution in [1.82, 2.24) is 15.0 Å². The zero-order valence-electron chi connectivity index (χ0n) is 12.6. The summed E-state index contributed by atoms with van der Waals surface area (Å²) in [5.74, 6) is 0.831. The van der Waals surface area contributed by atoms with E-state index in [-0.39, 0.29) is 0 Å². The van der Waals surface area contributed by atoms with Gasteiger partial charge in [0.15, 0.2) is 0 Å². The molecular formula is C17H17N5. The van der Waals surface area contributed by atoms with Gasteiger partial charge in [-0.3, -0.25) is 0 Å². The highest BCUT2D eigenvalue weighted by molar-refractivity contribution is 5.61. The molecular weight excluding hydrogens is 274 g/mol. The highest BCUT2D eigenvalue weighted by atomic mass is 15.2. The van der Waals surface area contributed by atoms with Gasteiger partial charge in [0.2, 0.25) is 0 Å². The third kappa shape index (κ3) is 1.95. The molecule has 0 saturated carbocycles. The lowest BCUT2D eigenvalue weighted by atomic mass is 10.0. The molecule has 5 heteroatoms. The van der Waals surface area contributed by atoms with Crippen LogP contribution in [0.15, 0.2) is 12.5 Å². The maximum absolute atomic E-state index is 9.62. The second-order valence-electron chi connectivity index (χ2n) is 5.98. The predicted octanol–water partition coefficient (Wildman–Crippen LogP) is 2.10. The zero-order valence-corrected chi connectivity index (χ0v) is 12.6. The van der Waals surface area contributed by atoms with Crippen molar-refractivity contribution < 1.29 is 0 Å². The fraction of sp³-hybridized carbons (Fsp3) is 0.412. The summed E-state index contributed by atoms with van der Waals surface area (Å²) in [4.78, 5) is 15.5. The first-order valence-corrected chi connectivity index (χ1v) is 7.73. The molecule has 0 fully saturated rings. The molecule has 110 valence electrons. The van der Waals surface area contributed by atoms with Gasteiger partial charge in [-0.05, 0) is 37.3 Å². The summed E-state index contributed by atoms with van der Waals surface area (Å²) in [5, 5.41) is 9.62. The number of hydrogen-bond donors (Lipinski definition) is 0. The second kappa shape index (κ2) is 5.06. The van der Waals surface area contributed by atoms with Crippen molar-refractivity contribution in [3.8, 4) is 6.07 Å². The number of rotatable bonds is 1. The Bertz CT molecular complexity index is 790. The van der Waals surface area contributed by atoms with Gasteiger partial charge in [0.1, 0.15) is 18.2 Å². The first-order valence-electron chi connectivity index (χ1n) is 7.73. The highest BCUT2D eigenvalue weighted by Crippen LogP contribution is 2.32. The number of nitriles is 1. The van der Waals surface area contributed by atoms with E-state index in [4.69, 9.17) is 0 Å². The summed E-state index contributed by atoms with van der Waals surface area (Å²) in [5.41, 5.74) is 6.56. The van der Waals surface area contributed by atoms with E-state index in [0.717, 1.165) is 61.5 Å². The third-order valence-electron chi connectivity index (χ3n) is 4.76. The van der Waals surface area contributed by atoms with Crippen molar-refractivity contribution in [3.05, 3.63) is 46.2 Å². The summed E-state index contributed by atoms with van der Waals surface area (Å²) in [6, 6.07) is 2.40. The van der Waals surface area contributed by atoms with Crippen molar-refractivity contribution in [1.29, 1.82) is 5.26 Å². The number of fused-ring (bicyclic) bond motifs is 2. The number of aryl methyl sites for hydroxylation is 2. The molecule has 2 aromatic heterocycles. The number of anilines is 1. The minimum Gasteiger partial charge on any atom is -0.351 e. The first kappa shape index (κ1) is 13.2. The number of pyridine rings is 1. The average Bonchev–Trinajstić information content (AvgIpc) is 3.02. The van der Waals surface area contributed by atoms with Gasteiger partial charge in [0, 0.05) is 37.0 Å². The summed E-state index contributed by atoms with van der Waals surface area (Å²) < 4.78 is 0. The molecule has 0 saturated heterocycles. The van der Waals surface area contributed by atoms with E-state index in [1.54, 1.807) is 6.33 Å². The molecule has 0 atom stereocenters. The Labute approximate surface area is 129 Å². The van der Waals surface area contributed by atoms with Crippen LogP contribution < -0.4 is 4.90 Å². The fourth-order valence-electron chi connectivity index (χ4n) is 3.55. The normalized spacial score (nSPS) is 16.1. The molecule has 5 nitrogen and oxygen atoms in total. The zero-order chi connectivity index (χ0) is 15.1. The molecule has 0 radical (unpaired) electrons. The lowest BCUT2D eigenvalue weighted by molar-refractivity contribution is 0.688. The number of aromatic nitrogens is 3. The van der Waals surface area contributed by atoms with Gasteiger partial charge in [-0.25, -0.2) is 15.0 Å². The maximum Gasteiger partial charge on any atom is 0.147 e. The summed E-state index contributed by atoms with van der Waals surface area (Å²) in [6.07, 6.45) is 7.65. The maximum atomic E-state index is 9.62. The van der Waals surface area contributed by atoms with Gasteiger partial charge in [0.05, 0.1) is 11.3 Å². The molecule has 4 rings (SSSR count). The lowest BCUT2D eigenvalue weighted by Gasteiger charge is -2.30. The molecule has 0 spiro atoms. The predicted molar refractivity (Wildman–Crippen MR) is 82.5 cm³/mol. The lowest BCUT2D eigenvalue weighted by Crippen LogP contribution is -2.33. The van der Waals surface area contributed by atoms with Crippen LogP contribution in [0.2, 0.25) is 0 Å². The quantitative estimate of drug-likeness (QED) is 0.805. The van der Waals surface area contributed by atoms with Crippen LogP contribution in [0.25, 0.3) is 0 Å². The van der Waals surface area contributed by atoms with E-state index >= 15 is 0 Å². The van der Waals surface area contributed by atoms with E-state index in [1.807, 2.05) is 13.1 Å². The Balaban J connectivity index is 1.76. The van der Waals surface area contributed by atoms with Crippen molar-refractivity contribution in [3.63, 3.8) is 0 Å². The molecule has 2 aliphatic rings. The van der Waals surface area contributed by atoms with Gasteiger partial charge < -0.3 is 4.90 Å². The van der Waals surface area contributed by atoms with Crippen molar-refractivity contribution in [2.45, 2.75) is 39.2 Å². The molecule has 0 aromatic carbocycles. The number of nitrogens with zero attached hydrogens (tertiary/aromatic N) is 5. The minimum atomic E-state index is 0.739. The monoisotopic (exact) mass is 291 g/mol. The van der Waals surface area contributed by atoms with E-state index < -0.39 is 0 Å². The Hall–Kier alpha value is -2.48. The molecule has 22 heavy (non-hydrogen) atoms. The van der Waals surface area contributed by atoms with Crippen LogP contribution in [-0.2, 0) is 25.8 Å². The van der Waals surface area contributed by atoms with E-state index in [1.165, 1.54) is 16.7 Å². The largest absolute Gasteiger partial charge is 0.351 e. The third-order valence-corrected chi connectivity index (χ3v) is 4.76. The van der Waals surface area contributed by atoms with Crippen LogP contribution in [0.4, 0.5) is 5.82 Å². The average molecular weight is 291 g/mol.